The Hall–Kier alpha value is -1.23. The molecular weight excluding hydrogens is 285 g/mol. The molecule has 2 rings (SSSR count). The molecule has 2 aromatic rings. The highest BCUT2D eigenvalue weighted by Gasteiger charge is 2.16. The van der Waals surface area contributed by atoms with Crippen LogP contribution in [0, 0.1) is 0 Å². The maximum atomic E-state index is 6.10. The van der Waals surface area contributed by atoms with Crippen molar-refractivity contribution in [2.45, 2.75) is 19.5 Å². The second-order valence-corrected chi connectivity index (χ2v) is 4.91. The molecule has 0 fully saturated rings. The van der Waals surface area contributed by atoms with Crippen LogP contribution in [0.15, 0.2) is 30.5 Å². The fraction of sp³-hybridized carbons (Fsp3) is 0.308. The number of aryl methyl sites for hydroxylation is 1. The normalized spacial score (nSPS) is 12.4. The third kappa shape index (κ3) is 3.41. The Bertz CT molecular complexity index is 539. The van der Waals surface area contributed by atoms with Gasteiger partial charge in [-0.3, -0.25) is 4.68 Å². The van der Waals surface area contributed by atoms with Crippen molar-refractivity contribution < 1.29 is 4.74 Å². The molecule has 1 aromatic carbocycles. The summed E-state index contributed by atoms with van der Waals surface area (Å²) in [4.78, 5) is 0. The molecule has 102 valence electrons. The molecule has 1 aromatic heterocycles. The lowest BCUT2D eigenvalue weighted by atomic mass is 10.2. The van der Waals surface area contributed by atoms with E-state index in [-0.39, 0.29) is 6.04 Å². The quantitative estimate of drug-likeness (QED) is 0.922. The zero-order valence-corrected chi connectivity index (χ0v) is 12.0. The van der Waals surface area contributed by atoms with Crippen molar-refractivity contribution in [2.24, 2.45) is 5.73 Å². The first kappa shape index (κ1) is 14.2. The van der Waals surface area contributed by atoms with Gasteiger partial charge in [0, 0.05) is 11.6 Å². The van der Waals surface area contributed by atoms with Crippen LogP contribution < -0.4 is 10.5 Å². The standard InChI is InChI=1S/C13H15Cl2N3O/c1-2-18-13(11(15)7-17-18)12(16)8-19-10-5-3-9(14)4-6-10/h3-7,12H,2,8,16H2,1H3. The average Bonchev–Trinajstić information content (AvgIpc) is 2.79. The van der Waals surface area contributed by atoms with Gasteiger partial charge in [0.25, 0.3) is 0 Å². The van der Waals surface area contributed by atoms with Crippen molar-refractivity contribution in [3.05, 3.63) is 46.2 Å². The second-order valence-electron chi connectivity index (χ2n) is 4.06. The largest absolute Gasteiger partial charge is 0.492 e. The zero-order valence-electron chi connectivity index (χ0n) is 10.5. The monoisotopic (exact) mass is 299 g/mol. The van der Waals surface area contributed by atoms with E-state index in [2.05, 4.69) is 5.10 Å². The van der Waals surface area contributed by atoms with Gasteiger partial charge >= 0.3 is 0 Å². The van der Waals surface area contributed by atoms with Crippen LogP contribution in [0.5, 0.6) is 5.75 Å². The van der Waals surface area contributed by atoms with Crippen molar-refractivity contribution in [3.8, 4) is 5.75 Å². The predicted octanol–water partition coefficient (Wildman–Crippen LogP) is 3.29. The van der Waals surface area contributed by atoms with E-state index in [0.717, 1.165) is 18.0 Å². The molecular formula is C13H15Cl2N3O. The fourth-order valence-corrected chi connectivity index (χ4v) is 2.20. The van der Waals surface area contributed by atoms with Gasteiger partial charge in [-0.05, 0) is 31.2 Å². The summed E-state index contributed by atoms with van der Waals surface area (Å²) in [6, 6.07) is 6.81. The first-order valence-corrected chi connectivity index (χ1v) is 6.72. The van der Waals surface area contributed by atoms with Gasteiger partial charge in [-0.2, -0.15) is 5.10 Å². The number of benzene rings is 1. The van der Waals surface area contributed by atoms with Gasteiger partial charge in [-0.1, -0.05) is 23.2 Å². The van der Waals surface area contributed by atoms with E-state index in [1.54, 1.807) is 35.1 Å². The summed E-state index contributed by atoms with van der Waals surface area (Å²) >= 11 is 11.9. The average molecular weight is 300 g/mol. The van der Waals surface area contributed by atoms with Crippen LogP contribution in [0.4, 0.5) is 0 Å². The molecule has 0 amide bonds. The van der Waals surface area contributed by atoms with E-state index in [0.29, 0.717) is 16.7 Å². The van der Waals surface area contributed by atoms with Crippen LogP contribution in [-0.2, 0) is 6.54 Å². The minimum Gasteiger partial charge on any atom is -0.492 e. The number of hydrogen-bond donors (Lipinski definition) is 1. The Balaban J connectivity index is 2.03. The lowest BCUT2D eigenvalue weighted by Crippen LogP contribution is -2.22. The number of nitrogens with two attached hydrogens (primary N) is 1. The number of aromatic nitrogens is 2. The fourth-order valence-electron chi connectivity index (χ4n) is 1.79. The van der Waals surface area contributed by atoms with E-state index in [9.17, 15) is 0 Å². The van der Waals surface area contributed by atoms with Crippen LogP contribution in [0.1, 0.15) is 18.7 Å². The molecule has 1 heterocycles. The maximum Gasteiger partial charge on any atom is 0.119 e. The lowest BCUT2D eigenvalue weighted by molar-refractivity contribution is 0.284. The molecule has 0 saturated heterocycles. The number of hydrogen-bond acceptors (Lipinski definition) is 3. The molecule has 1 atom stereocenters. The molecule has 0 aliphatic carbocycles. The Morgan fingerprint density at radius 3 is 2.63 bits per heavy atom. The Labute approximate surface area is 122 Å². The van der Waals surface area contributed by atoms with Crippen molar-refractivity contribution >= 4 is 23.2 Å². The van der Waals surface area contributed by atoms with E-state index in [1.165, 1.54) is 0 Å². The number of nitrogens with zero attached hydrogens (tertiary/aromatic N) is 2. The van der Waals surface area contributed by atoms with Crippen LogP contribution in [0.25, 0.3) is 0 Å². The van der Waals surface area contributed by atoms with Crippen molar-refractivity contribution in [2.75, 3.05) is 6.61 Å². The summed E-state index contributed by atoms with van der Waals surface area (Å²) in [5.41, 5.74) is 6.89. The van der Waals surface area contributed by atoms with Crippen LogP contribution in [0.3, 0.4) is 0 Å². The summed E-state index contributed by atoms with van der Waals surface area (Å²) in [5, 5.41) is 5.39. The highest BCUT2D eigenvalue weighted by Crippen LogP contribution is 2.23. The molecule has 0 bridgehead atoms. The Kier molecular flexibility index (Phi) is 4.69. The lowest BCUT2D eigenvalue weighted by Gasteiger charge is -2.15. The maximum absolute atomic E-state index is 6.10. The number of halogens is 2. The third-order valence-corrected chi connectivity index (χ3v) is 3.27. The smallest absolute Gasteiger partial charge is 0.119 e. The van der Waals surface area contributed by atoms with Crippen molar-refractivity contribution in [1.29, 1.82) is 0 Å². The highest BCUT2D eigenvalue weighted by molar-refractivity contribution is 6.31. The summed E-state index contributed by atoms with van der Waals surface area (Å²) in [5.74, 6) is 0.721. The first-order valence-electron chi connectivity index (χ1n) is 5.97. The Morgan fingerprint density at radius 1 is 1.32 bits per heavy atom. The third-order valence-electron chi connectivity index (χ3n) is 2.73. The van der Waals surface area contributed by atoms with E-state index in [4.69, 9.17) is 33.7 Å². The molecule has 2 N–H and O–H groups in total. The van der Waals surface area contributed by atoms with Gasteiger partial charge < -0.3 is 10.5 Å². The van der Waals surface area contributed by atoms with Crippen LogP contribution in [0.2, 0.25) is 10.0 Å². The molecule has 0 saturated carbocycles. The molecule has 19 heavy (non-hydrogen) atoms. The van der Waals surface area contributed by atoms with Crippen molar-refractivity contribution in [3.63, 3.8) is 0 Å². The minimum absolute atomic E-state index is 0.326. The van der Waals surface area contributed by atoms with E-state index >= 15 is 0 Å². The van der Waals surface area contributed by atoms with Gasteiger partial charge in [-0.15, -0.1) is 0 Å². The molecule has 4 nitrogen and oxygen atoms in total. The van der Waals surface area contributed by atoms with Crippen LogP contribution >= 0.6 is 23.2 Å². The summed E-state index contributed by atoms with van der Waals surface area (Å²) in [7, 11) is 0. The van der Waals surface area contributed by atoms with Crippen LogP contribution in [-0.4, -0.2) is 16.4 Å². The Morgan fingerprint density at radius 2 is 2.00 bits per heavy atom. The van der Waals surface area contributed by atoms with Gasteiger partial charge in [0.15, 0.2) is 0 Å². The molecule has 0 aliphatic heterocycles. The molecule has 6 heteroatoms. The summed E-state index contributed by atoms with van der Waals surface area (Å²) < 4.78 is 7.39. The van der Waals surface area contributed by atoms with Crippen molar-refractivity contribution in [1.82, 2.24) is 9.78 Å². The molecule has 1 unspecified atom stereocenters. The molecule has 0 spiro atoms. The van der Waals surface area contributed by atoms with E-state index < -0.39 is 0 Å². The topological polar surface area (TPSA) is 53.1 Å². The summed E-state index contributed by atoms with van der Waals surface area (Å²) in [6.07, 6.45) is 1.60. The van der Waals surface area contributed by atoms with Gasteiger partial charge in [-0.25, -0.2) is 0 Å². The van der Waals surface area contributed by atoms with Gasteiger partial charge in [0.1, 0.15) is 12.4 Å². The second kappa shape index (κ2) is 6.28. The van der Waals surface area contributed by atoms with E-state index in [1.807, 2.05) is 6.92 Å². The SMILES string of the molecule is CCn1ncc(Cl)c1C(N)COc1ccc(Cl)cc1. The van der Waals surface area contributed by atoms with Gasteiger partial charge in [0.05, 0.1) is 23.0 Å². The molecule has 0 aliphatic rings. The first-order chi connectivity index (χ1) is 9.11. The predicted molar refractivity (Wildman–Crippen MR) is 76.8 cm³/mol. The summed E-state index contributed by atoms with van der Waals surface area (Å²) in [6.45, 7) is 3.03. The molecule has 0 radical (unpaired) electrons. The number of rotatable bonds is 5. The number of ether oxygens (including phenoxy) is 1. The minimum atomic E-state index is -0.328. The van der Waals surface area contributed by atoms with Gasteiger partial charge in [0.2, 0.25) is 0 Å². The highest BCUT2D eigenvalue weighted by atomic mass is 35.5. The zero-order chi connectivity index (χ0) is 13.8.